The van der Waals surface area contributed by atoms with E-state index in [9.17, 15) is 9.59 Å². The van der Waals surface area contributed by atoms with Gasteiger partial charge in [0, 0.05) is 13.7 Å². The van der Waals surface area contributed by atoms with Gasteiger partial charge in [-0.05, 0) is 12.8 Å². The van der Waals surface area contributed by atoms with Gasteiger partial charge in [-0.3, -0.25) is 13.9 Å². The minimum Gasteiger partial charge on any atom is -0.391 e. The number of nitrogens with zero attached hydrogens (tertiary/aromatic N) is 2. The molecule has 1 aliphatic heterocycles. The Kier molecular flexibility index (Phi) is 2.93. The topological polar surface area (TPSA) is 105 Å². The number of hydrogen-bond donors (Lipinski definition) is 2. The predicted octanol–water partition coefficient (Wildman–Crippen LogP) is -1.11. The first-order valence-electron chi connectivity index (χ1n) is 5.48. The molecule has 1 atom stereocenters. The van der Waals surface area contributed by atoms with Crippen LogP contribution in [0, 0.1) is 0 Å². The molecule has 0 spiro atoms. The molecule has 0 aliphatic carbocycles. The second-order valence-corrected chi connectivity index (χ2v) is 4.19. The number of nitrogens with two attached hydrogens (primary N) is 2. The van der Waals surface area contributed by atoms with E-state index >= 15 is 0 Å². The van der Waals surface area contributed by atoms with Crippen molar-refractivity contribution in [3.63, 3.8) is 0 Å². The number of nitrogen functional groups attached to an aromatic ring is 2. The minimum atomic E-state index is -0.559. The maximum atomic E-state index is 11.9. The van der Waals surface area contributed by atoms with Crippen LogP contribution in [-0.2, 0) is 18.3 Å². The average Bonchev–Trinajstić information content (AvgIpc) is 2.82. The number of anilines is 2. The lowest BCUT2D eigenvalue weighted by atomic mass is 10.2. The number of hydrogen-bond acceptors (Lipinski definition) is 5. The molecule has 1 saturated heterocycles. The highest BCUT2D eigenvalue weighted by molar-refractivity contribution is 5.56. The molecule has 1 aromatic rings. The van der Waals surface area contributed by atoms with Crippen LogP contribution in [0.5, 0.6) is 0 Å². The summed E-state index contributed by atoms with van der Waals surface area (Å²) in [6.07, 6.45) is 1.82. The molecule has 0 aromatic carbocycles. The van der Waals surface area contributed by atoms with Crippen LogP contribution in [0.1, 0.15) is 12.8 Å². The van der Waals surface area contributed by atoms with Gasteiger partial charge in [-0.15, -0.1) is 0 Å². The lowest BCUT2D eigenvalue weighted by molar-refractivity contribution is 0.0960. The van der Waals surface area contributed by atoms with Gasteiger partial charge in [0.15, 0.2) is 0 Å². The molecule has 4 N–H and O–H groups in total. The first-order valence-corrected chi connectivity index (χ1v) is 5.48. The smallest absolute Gasteiger partial charge is 0.332 e. The second kappa shape index (κ2) is 4.25. The quantitative estimate of drug-likeness (QED) is 0.682. The Morgan fingerprint density at radius 2 is 2.12 bits per heavy atom. The summed E-state index contributed by atoms with van der Waals surface area (Å²) < 4.78 is 7.69. The van der Waals surface area contributed by atoms with Crippen molar-refractivity contribution < 1.29 is 4.74 Å². The normalized spacial score (nSPS) is 19.7. The summed E-state index contributed by atoms with van der Waals surface area (Å²) in [6, 6.07) is 0. The first-order chi connectivity index (χ1) is 8.02. The fourth-order valence-electron chi connectivity index (χ4n) is 1.98. The third kappa shape index (κ3) is 1.93. The lowest BCUT2D eigenvalue weighted by Gasteiger charge is -2.16. The van der Waals surface area contributed by atoms with Gasteiger partial charge in [-0.2, -0.15) is 0 Å². The fraction of sp³-hybridized carbons (Fsp3) is 0.600. The molecule has 1 aliphatic rings. The van der Waals surface area contributed by atoms with Crippen LogP contribution in [0.4, 0.5) is 11.5 Å². The van der Waals surface area contributed by atoms with Crippen LogP contribution in [0.15, 0.2) is 9.59 Å². The molecule has 0 radical (unpaired) electrons. The van der Waals surface area contributed by atoms with Crippen molar-refractivity contribution in [1.29, 1.82) is 0 Å². The summed E-state index contributed by atoms with van der Waals surface area (Å²) in [5.41, 5.74) is 10.2. The molecular formula is C10H16N4O3. The van der Waals surface area contributed by atoms with Crippen molar-refractivity contribution in [2.75, 3.05) is 18.1 Å². The molecule has 7 heteroatoms. The Bertz CT molecular complexity index is 540. The minimum absolute atomic E-state index is 0.0219. The predicted molar refractivity (Wildman–Crippen MR) is 63.7 cm³/mol. The number of ether oxygens (including phenoxy) is 1. The molecular weight excluding hydrogens is 224 g/mol. The van der Waals surface area contributed by atoms with Crippen molar-refractivity contribution in [2.45, 2.75) is 25.5 Å². The van der Waals surface area contributed by atoms with E-state index in [-0.39, 0.29) is 17.6 Å². The van der Waals surface area contributed by atoms with Gasteiger partial charge >= 0.3 is 5.69 Å². The molecule has 2 rings (SSSR count). The van der Waals surface area contributed by atoms with Gasteiger partial charge in [-0.25, -0.2) is 4.79 Å². The standard InChI is InChI=1S/C10H16N4O3/c1-13-9(15)7(11)8(12)14(10(13)16)5-6-3-2-4-17-6/h6H,2-5,11-12H2,1H3. The zero-order chi connectivity index (χ0) is 12.6. The van der Waals surface area contributed by atoms with E-state index in [1.165, 1.54) is 11.6 Å². The first kappa shape index (κ1) is 11.7. The van der Waals surface area contributed by atoms with Gasteiger partial charge in [0.05, 0.1) is 12.6 Å². The van der Waals surface area contributed by atoms with Crippen molar-refractivity contribution in [3.8, 4) is 0 Å². The monoisotopic (exact) mass is 240 g/mol. The molecule has 0 bridgehead atoms. The zero-order valence-electron chi connectivity index (χ0n) is 9.68. The third-order valence-electron chi connectivity index (χ3n) is 3.03. The van der Waals surface area contributed by atoms with E-state index in [0.29, 0.717) is 13.2 Å². The van der Waals surface area contributed by atoms with E-state index in [2.05, 4.69) is 0 Å². The van der Waals surface area contributed by atoms with Crippen LogP contribution in [0.2, 0.25) is 0 Å². The van der Waals surface area contributed by atoms with Gasteiger partial charge in [0.1, 0.15) is 11.5 Å². The molecule has 17 heavy (non-hydrogen) atoms. The van der Waals surface area contributed by atoms with Crippen molar-refractivity contribution in [3.05, 3.63) is 20.8 Å². The summed E-state index contributed by atoms with van der Waals surface area (Å²) >= 11 is 0. The molecule has 1 aromatic heterocycles. The highest BCUT2D eigenvalue weighted by atomic mass is 16.5. The van der Waals surface area contributed by atoms with E-state index in [0.717, 1.165) is 17.4 Å². The summed E-state index contributed by atoms with van der Waals surface area (Å²) in [5, 5.41) is 0. The van der Waals surface area contributed by atoms with Crippen LogP contribution in [0.25, 0.3) is 0 Å². The van der Waals surface area contributed by atoms with Gasteiger partial charge in [-0.1, -0.05) is 0 Å². The molecule has 2 heterocycles. The Morgan fingerprint density at radius 3 is 2.71 bits per heavy atom. The van der Waals surface area contributed by atoms with Crippen LogP contribution >= 0.6 is 0 Å². The summed E-state index contributed by atoms with van der Waals surface area (Å²) in [7, 11) is 1.38. The van der Waals surface area contributed by atoms with E-state index in [1.807, 2.05) is 0 Å². The van der Waals surface area contributed by atoms with Crippen molar-refractivity contribution >= 4 is 11.5 Å². The summed E-state index contributed by atoms with van der Waals surface area (Å²) in [6.45, 7) is 1.03. The van der Waals surface area contributed by atoms with Crippen molar-refractivity contribution in [1.82, 2.24) is 9.13 Å². The molecule has 1 unspecified atom stereocenters. The SMILES string of the molecule is Cn1c(=O)c(N)c(N)n(CC2CCCO2)c1=O. The summed E-state index contributed by atoms with van der Waals surface area (Å²) in [5.74, 6) is 0.0219. The summed E-state index contributed by atoms with van der Waals surface area (Å²) in [4.78, 5) is 23.4. The molecule has 94 valence electrons. The molecule has 0 saturated carbocycles. The van der Waals surface area contributed by atoms with E-state index < -0.39 is 11.2 Å². The third-order valence-corrected chi connectivity index (χ3v) is 3.03. The maximum Gasteiger partial charge on any atom is 0.332 e. The molecule has 7 nitrogen and oxygen atoms in total. The Labute approximate surface area is 97.6 Å². The average molecular weight is 240 g/mol. The van der Waals surface area contributed by atoms with E-state index in [4.69, 9.17) is 16.2 Å². The fourth-order valence-corrected chi connectivity index (χ4v) is 1.98. The van der Waals surface area contributed by atoms with Crippen LogP contribution < -0.4 is 22.7 Å². The van der Waals surface area contributed by atoms with Gasteiger partial charge in [0.25, 0.3) is 5.56 Å². The second-order valence-electron chi connectivity index (χ2n) is 4.19. The molecule has 0 amide bonds. The zero-order valence-corrected chi connectivity index (χ0v) is 9.68. The Hall–Kier alpha value is -1.76. The lowest BCUT2D eigenvalue weighted by Crippen LogP contribution is -2.42. The number of aromatic nitrogens is 2. The Morgan fingerprint density at radius 1 is 1.41 bits per heavy atom. The van der Waals surface area contributed by atoms with Gasteiger partial charge < -0.3 is 16.2 Å². The highest BCUT2D eigenvalue weighted by Gasteiger charge is 2.20. The molecule has 1 fully saturated rings. The van der Waals surface area contributed by atoms with Crippen LogP contribution in [0.3, 0.4) is 0 Å². The maximum absolute atomic E-state index is 11.9. The Balaban J connectivity index is 2.46. The van der Waals surface area contributed by atoms with E-state index in [1.54, 1.807) is 0 Å². The van der Waals surface area contributed by atoms with Gasteiger partial charge in [0.2, 0.25) is 0 Å². The van der Waals surface area contributed by atoms with Crippen molar-refractivity contribution in [2.24, 2.45) is 7.05 Å². The number of rotatable bonds is 2. The highest BCUT2D eigenvalue weighted by Crippen LogP contribution is 2.15. The van der Waals surface area contributed by atoms with Crippen LogP contribution in [-0.4, -0.2) is 21.8 Å². The largest absolute Gasteiger partial charge is 0.391 e.